The van der Waals surface area contributed by atoms with Gasteiger partial charge in [-0.15, -0.1) is 0 Å². The van der Waals surface area contributed by atoms with Crippen molar-refractivity contribution >= 4 is 9.84 Å². The van der Waals surface area contributed by atoms with E-state index < -0.39 is 9.84 Å². The predicted octanol–water partition coefficient (Wildman–Crippen LogP) is 4.48. The van der Waals surface area contributed by atoms with Crippen LogP contribution in [0.15, 0.2) is 53.7 Å². The molecular weight excluding hydrogens is 388 g/mol. The first-order chi connectivity index (χ1) is 14.0. The third-order valence-corrected chi connectivity index (χ3v) is 7.52. The van der Waals surface area contributed by atoms with E-state index in [0.717, 1.165) is 35.5 Å². The molecule has 29 heavy (non-hydrogen) atoms. The van der Waals surface area contributed by atoms with Crippen LogP contribution in [-0.2, 0) is 9.84 Å². The normalized spacial score (nSPS) is 14.8. The number of aromatic amines is 1. The van der Waals surface area contributed by atoms with E-state index in [1.165, 1.54) is 0 Å². The topological polar surface area (TPSA) is 81.3 Å². The summed E-state index contributed by atoms with van der Waals surface area (Å²) < 4.78 is 36.7. The lowest BCUT2D eigenvalue weighted by Crippen LogP contribution is -2.19. The molecule has 0 amide bonds. The van der Waals surface area contributed by atoms with E-state index in [4.69, 9.17) is 9.47 Å². The molecule has 1 aromatic heterocycles. The van der Waals surface area contributed by atoms with Gasteiger partial charge in [0.15, 0.2) is 0 Å². The minimum atomic E-state index is -3.50. The van der Waals surface area contributed by atoms with Crippen molar-refractivity contribution in [2.75, 3.05) is 14.2 Å². The smallest absolute Gasteiger partial charge is 0.226 e. The Balaban J connectivity index is 1.83. The number of H-pyrrole nitrogens is 1. The van der Waals surface area contributed by atoms with Crippen molar-refractivity contribution in [3.8, 4) is 34.0 Å². The fourth-order valence-electron chi connectivity index (χ4n) is 3.77. The molecule has 1 aliphatic carbocycles. The van der Waals surface area contributed by atoms with Crippen LogP contribution in [-0.4, -0.2) is 37.9 Å². The molecule has 6 nitrogen and oxygen atoms in total. The molecular formula is C22H24N2O4S. The van der Waals surface area contributed by atoms with Crippen molar-refractivity contribution in [3.63, 3.8) is 0 Å². The van der Waals surface area contributed by atoms with Gasteiger partial charge < -0.3 is 14.5 Å². The first-order valence-corrected chi connectivity index (χ1v) is 11.2. The summed E-state index contributed by atoms with van der Waals surface area (Å²) in [5.74, 6) is 1.46. The minimum Gasteiger partial charge on any atom is -0.497 e. The second-order valence-corrected chi connectivity index (χ2v) is 9.32. The van der Waals surface area contributed by atoms with Gasteiger partial charge in [-0.2, -0.15) is 0 Å². The molecule has 1 N–H and O–H groups in total. The number of rotatable bonds is 6. The van der Waals surface area contributed by atoms with Crippen molar-refractivity contribution in [1.82, 2.24) is 9.97 Å². The lowest BCUT2D eigenvalue weighted by Gasteiger charge is -2.07. The Morgan fingerprint density at radius 2 is 1.38 bits per heavy atom. The Kier molecular flexibility index (Phi) is 5.32. The molecule has 152 valence electrons. The number of benzene rings is 2. The van der Waals surface area contributed by atoms with Crippen LogP contribution in [0.25, 0.3) is 22.5 Å². The van der Waals surface area contributed by atoms with E-state index in [0.29, 0.717) is 24.2 Å². The van der Waals surface area contributed by atoms with E-state index in [9.17, 15) is 8.42 Å². The predicted molar refractivity (Wildman–Crippen MR) is 112 cm³/mol. The van der Waals surface area contributed by atoms with Crippen molar-refractivity contribution in [3.05, 3.63) is 48.5 Å². The summed E-state index contributed by atoms with van der Waals surface area (Å²) in [6, 6.07) is 14.9. The summed E-state index contributed by atoms with van der Waals surface area (Å²) >= 11 is 0. The van der Waals surface area contributed by atoms with E-state index >= 15 is 0 Å². The number of ether oxygens (including phenoxy) is 2. The van der Waals surface area contributed by atoms with Gasteiger partial charge in [0.05, 0.1) is 30.9 Å². The van der Waals surface area contributed by atoms with Crippen molar-refractivity contribution in [1.29, 1.82) is 0 Å². The number of hydrogen-bond donors (Lipinski definition) is 1. The Bertz CT molecular complexity index is 1020. The fraction of sp³-hybridized carbons (Fsp3) is 0.318. The molecule has 3 aromatic rings. The highest BCUT2D eigenvalue weighted by Gasteiger charge is 2.33. The highest BCUT2D eigenvalue weighted by molar-refractivity contribution is 7.91. The lowest BCUT2D eigenvalue weighted by molar-refractivity contribution is 0.414. The maximum Gasteiger partial charge on any atom is 0.226 e. The van der Waals surface area contributed by atoms with Crippen LogP contribution >= 0.6 is 0 Å². The number of nitrogens with zero attached hydrogens (tertiary/aromatic N) is 1. The largest absolute Gasteiger partial charge is 0.497 e. The maximum atomic E-state index is 13.1. The molecule has 1 fully saturated rings. The maximum absolute atomic E-state index is 13.1. The summed E-state index contributed by atoms with van der Waals surface area (Å²) in [6.07, 6.45) is 3.28. The van der Waals surface area contributed by atoms with E-state index in [2.05, 4.69) is 9.97 Å². The van der Waals surface area contributed by atoms with Gasteiger partial charge in [0, 0.05) is 11.1 Å². The molecule has 7 heteroatoms. The van der Waals surface area contributed by atoms with Crippen LogP contribution in [0.3, 0.4) is 0 Å². The second kappa shape index (κ2) is 7.91. The van der Waals surface area contributed by atoms with Gasteiger partial charge in [-0.05, 0) is 61.4 Å². The van der Waals surface area contributed by atoms with E-state index in [1.807, 2.05) is 48.5 Å². The van der Waals surface area contributed by atoms with E-state index in [-0.39, 0.29) is 10.4 Å². The average Bonchev–Trinajstić information content (AvgIpc) is 3.45. The van der Waals surface area contributed by atoms with Gasteiger partial charge in [0.1, 0.15) is 11.5 Å². The lowest BCUT2D eigenvalue weighted by atomic mass is 10.0. The second-order valence-electron chi connectivity index (χ2n) is 7.17. The average molecular weight is 413 g/mol. The molecule has 1 aliphatic rings. The summed E-state index contributed by atoms with van der Waals surface area (Å²) in [4.78, 5) is 7.66. The summed E-state index contributed by atoms with van der Waals surface area (Å²) in [7, 11) is -0.277. The zero-order valence-corrected chi connectivity index (χ0v) is 17.3. The van der Waals surface area contributed by atoms with Gasteiger partial charge in [-0.3, -0.25) is 0 Å². The van der Waals surface area contributed by atoms with Crippen molar-refractivity contribution < 1.29 is 17.9 Å². The SMILES string of the molecule is COc1ccc(-c2nc(S(=O)(=O)C3CCCC3)[nH]c2-c2ccc(OC)cc2)cc1. The standard InChI is InChI=1S/C22H24N2O4S/c1-27-17-11-7-15(8-12-17)20-21(16-9-13-18(28-2)14-10-16)24-22(23-20)29(25,26)19-5-3-4-6-19/h7-14,19H,3-6H2,1-2H3,(H,23,24). The number of sulfone groups is 1. The van der Waals surface area contributed by atoms with Crippen LogP contribution in [0.5, 0.6) is 11.5 Å². The molecule has 1 saturated carbocycles. The molecule has 0 saturated heterocycles. The Morgan fingerprint density at radius 3 is 1.90 bits per heavy atom. The minimum absolute atomic E-state index is 0.0426. The number of aromatic nitrogens is 2. The molecule has 0 unspecified atom stereocenters. The molecule has 4 rings (SSSR count). The van der Waals surface area contributed by atoms with Gasteiger partial charge in [0.2, 0.25) is 15.0 Å². The quantitative estimate of drug-likeness (QED) is 0.646. The zero-order chi connectivity index (χ0) is 20.4. The molecule has 0 bridgehead atoms. The monoisotopic (exact) mass is 412 g/mol. The zero-order valence-electron chi connectivity index (χ0n) is 16.5. The number of imidazole rings is 1. The summed E-state index contributed by atoms with van der Waals surface area (Å²) in [6.45, 7) is 0. The van der Waals surface area contributed by atoms with Crippen molar-refractivity contribution in [2.45, 2.75) is 36.1 Å². The first-order valence-electron chi connectivity index (χ1n) is 9.65. The number of methoxy groups -OCH3 is 2. The molecule has 1 heterocycles. The third-order valence-electron chi connectivity index (χ3n) is 5.43. The molecule has 2 aromatic carbocycles. The molecule has 0 spiro atoms. The number of nitrogens with one attached hydrogen (secondary N) is 1. The van der Waals surface area contributed by atoms with Crippen LogP contribution in [0.1, 0.15) is 25.7 Å². The molecule has 0 radical (unpaired) electrons. The highest BCUT2D eigenvalue weighted by atomic mass is 32.2. The highest BCUT2D eigenvalue weighted by Crippen LogP contribution is 2.35. The van der Waals surface area contributed by atoms with Gasteiger partial charge in [0.25, 0.3) is 0 Å². The molecule has 0 atom stereocenters. The fourth-order valence-corrected chi connectivity index (χ4v) is 5.50. The van der Waals surface area contributed by atoms with Gasteiger partial charge in [-0.1, -0.05) is 12.8 Å². The molecule has 0 aliphatic heterocycles. The van der Waals surface area contributed by atoms with Gasteiger partial charge in [-0.25, -0.2) is 13.4 Å². The van der Waals surface area contributed by atoms with Crippen LogP contribution in [0, 0.1) is 0 Å². The Morgan fingerprint density at radius 1 is 0.862 bits per heavy atom. The Hall–Kier alpha value is -2.80. The van der Waals surface area contributed by atoms with Crippen LogP contribution in [0.4, 0.5) is 0 Å². The summed E-state index contributed by atoms with van der Waals surface area (Å²) in [5, 5.41) is -0.317. The first kappa shape index (κ1) is 19.5. The van der Waals surface area contributed by atoms with E-state index in [1.54, 1.807) is 14.2 Å². The Labute approximate surface area is 170 Å². The van der Waals surface area contributed by atoms with Crippen LogP contribution < -0.4 is 9.47 Å². The van der Waals surface area contributed by atoms with Crippen molar-refractivity contribution in [2.24, 2.45) is 0 Å². The summed E-state index contributed by atoms with van der Waals surface area (Å²) in [5.41, 5.74) is 2.95. The number of hydrogen-bond acceptors (Lipinski definition) is 5. The van der Waals surface area contributed by atoms with Crippen LogP contribution in [0.2, 0.25) is 0 Å². The third kappa shape index (κ3) is 3.74. The van der Waals surface area contributed by atoms with Gasteiger partial charge >= 0.3 is 0 Å².